The van der Waals surface area contributed by atoms with Crippen LogP contribution in [0.5, 0.6) is 0 Å². The van der Waals surface area contributed by atoms with Gasteiger partial charge in [-0.15, -0.1) is 0 Å². The van der Waals surface area contributed by atoms with Gasteiger partial charge in [-0.25, -0.2) is 4.79 Å². The third kappa shape index (κ3) is 4.84. The first kappa shape index (κ1) is 26.1. The van der Waals surface area contributed by atoms with Crippen molar-refractivity contribution < 1.29 is 9.90 Å². The maximum absolute atomic E-state index is 12.3. The molecule has 0 radical (unpaired) electrons. The monoisotopic (exact) mass is 533 g/mol. The minimum absolute atomic E-state index is 0.218. The summed E-state index contributed by atoms with van der Waals surface area (Å²) < 4.78 is 0. The van der Waals surface area contributed by atoms with E-state index in [4.69, 9.17) is 0 Å². The summed E-state index contributed by atoms with van der Waals surface area (Å²) in [5.41, 5.74) is 5.71. The number of nitrogens with zero attached hydrogens (tertiary/aromatic N) is 2. The van der Waals surface area contributed by atoms with Gasteiger partial charge in [-0.3, -0.25) is 9.69 Å². The molecule has 2 fully saturated rings. The quantitative estimate of drug-likeness (QED) is 0.283. The van der Waals surface area contributed by atoms with E-state index in [0.29, 0.717) is 24.1 Å². The second kappa shape index (κ2) is 10.4. The summed E-state index contributed by atoms with van der Waals surface area (Å²) in [5.74, 6) is -0.602. The van der Waals surface area contributed by atoms with Crippen molar-refractivity contribution >= 4 is 11.7 Å². The highest BCUT2D eigenvalue weighted by atomic mass is 16.4. The zero-order chi connectivity index (χ0) is 27.9. The van der Waals surface area contributed by atoms with E-state index in [9.17, 15) is 14.7 Å². The van der Waals surface area contributed by atoms with Gasteiger partial charge in [0, 0.05) is 49.2 Å². The fourth-order valence-electron chi connectivity index (χ4n) is 6.73. The number of hydrogen-bond acceptors (Lipinski definition) is 4. The largest absolute Gasteiger partial charge is 0.477 e. The van der Waals surface area contributed by atoms with Gasteiger partial charge < -0.3 is 15.0 Å². The van der Waals surface area contributed by atoms with Crippen molar-refractivity contribution in [1.82, 2.24) is 9.88 Å². The summed E-state index contributed by atoms with van der Waals surface area (Å²) in [4.78, 5) is 31.7. The number of benzene rings is 3. The van der Waals surface area contributed by atoms with Gasteiger partial charge in [-0.2, -0.15) is 0 Å². The standard InChI is InChI=1S/C34H35N3O3/c1-3-25-18-28(33(39)40)32(38)35-30(25)26-14-16-27(17-15-26)37-21-29-31(34(29,2)22-37)36(19-23-10-6-4-7-11-23)20-24-12-8-5-9-13-24/h4-18,29,31H,3,19-22H2,1-2H3,(H,35,38)(H,39,40)/t29-,31-,34-/m1/s1. The number of aromatic amines is 1. The number of rotatable bonds is 9. The number of hydrogen-bond donors (Lipinski definition) is 2. The van der Waals surface area contributed by atoms with Crippen LogP contribution in [0.1, 0.15) is 40.9 Å². The number of aryl methyl sites for hydroxylation is 1. The topological polar surface area (TPSA) is 76.6 Å². The molecule has 0 unspecified atom stereocenters. The molecule has 6 heteroatoms. The number of carbonyl (C=O) groups is 1. The van der Waals surface area contributed by atoms with E-state index in [2.05, 4.69) is 94.5 Å². The smallest absolute Gasteiger partial charge is 0.341 e. The SMILES string of the molecule is CCc1cc(C(=O)O)c(=O)[nH]c1-c1ccc(N2C[C@@H]3[C@@H](N(Cc4ccccc4)Cc4ccccc4)[C@]3(C)C2)cc1. The van der Waals surface area contributed by atoms with Crippen molar-refractivity contribution in [3.05, 3.63) is 124 Å². The maximum atomic E-state index is 12.3. The molecule has 3 aromatic carbocycles. The van der Waals surface area contributed by atoms with Crippen LogP contribution in [0, 0.1) is 11.3 Å². The predicted octanol–water partition coefficient (Wildman–Crippen LogP) is 5.83. The summed E-state index contributed by atoms with van der Waals surface area (Å²) in [6.45, 7) is 8.31. The molecular formula is C34H35N3O3. The molecule has 0 amide bonds. The molecule has 1 aromatic heterocycles. The van der Waals surface area contributed by atoms with Crippen LogP contribution in [0.25, 0.3) is 11.3 Å². The third-order valence-electron chi connectivity index (χ3n) is 8.85. The number of aromatic nitrogens is 1. The van der Waals surface area contributed by atoms with Crippen molar-refractivity contribution in [3.8, 4) is 11.3 Å². The zero-order valence-corrected chi connectivity index (χ0v) is 23.0. The van der Waals surface area contributed by atoms with Crippen LogP contribution in [-0.2, 0) is 19.5 Å². The number of anilines is 1. The van der Waals surface area contributed by atoms with Gasteiger partial charge in [0.15, 0.2) is 0 Å². The molecule has 3 atom stereocenters. The highest BCUT2D eigenvalue weighted by Gasteiger charge is 2.67. The van der Waals surface area contributed by atoms with Crippen LogP contribution >= 0.6 is 0 Å². The fourth-order valence-corrected chi connectivity index (χ4v) is 6.73. The van der Waals surface area contributed by atoms with Crippen molar-refractivity contribution in [3.63, 3.8) is 0 Å². The molecule has 1 aliphatic heterocycles. The molecule has 40 heavy (non-hydrogen) atoms. The Morgan fingerprint density at radius 3 is 2.08 bits per heavy atom. The lowest BCUT2D eigenvalue weighted by Crippen LogP contribution is -2.36. The van der Waals surface area contributed by atoms with Crippen molar-refractivity contribution in [2.45, 2.75) is 39.4 Å². The molecule has 1 aliphatic carbocycles. The lowest BCUT2D eigenvalue weighted by Gasteiger charge is -2.31. The first-order valence-corrected chi connectivity index (χ1v) is 14.0. The summed E-state index contributed by atoms with van der Waals surface area (Å²) in [6, 6.07) is 31.8. The Morgan fingerprint density at radius 2 is 1.57 bits per heavy atom. The normalized spacial score (nSPS) is 21.4. The van der Waals surface area contributed by atoms with Gasteiger partial charge in [0.1, 0.15) is 5.56 Å². The third-order valence-corrected chi connectivity index (χ3v) is 8.85. The summed E-state index contributed by atoms with van der Waals surface area (Å²) >= 11 is 0. The zero-order valence-electron chi connectivity index (χ0n) is 23.0. The van der Waals surface area contributed by atoms with Gasteiger partial charge in [0.2, 0.25) is 0 Å². The lowest BCUT2D eigenvalue weighted by atomic mass is 10.0. The maximum Gasteiger partial charge on any atom is 0.341 e. The number of pyridine rings is 1. The Kier molecular flexibility index (Phi) is 6.80. The fraction of sp³-hybridized carbons (Fsp3) is 0.294. The first-order chi connectivity index (χ1) is 19.4. The number of carboxylic acid groups (broad SMARTS) is 1. The van der Waals surface area contributed by atoms with Gasteiger partial charge >= 0.3 is 5.97 Å². The number of carboxylic acids is 1. The van der Waals surface area contributed by atoms with Crippen molar-refractivity contribution in [2.24, 2.45) is 11.3 Å². The Balaban J connectivity index is 1.19. The van der Waals surface area contributed by atoms with Crippen molar-refractivity contribution in [1.29, 1.82) is 0 Å². The van der Waals surface area contributed by atoms with E-state index in [-0.39, 0.29) is 11.0 Å². The van der Waals surface area contributed by atoms with Crippen LogP contribution in [0.3, 0.4) is 0 Å². The van der Waals surface area contributed by atoms with Crippen LogP contribution in [0.2, 0.25) is 0 Å². The molecule has 1 saturated heterocycles. The first-order valence-electron chi connectivity index (χ1n) is 14.0. The Labute approximate surface area is 234 Å². The predicted molar refractivity (Wildman–Crippen MR) is 159 cm³/mol. The number of piperidine rings is 1. The molecule has 0 spiro atoms. The van der Waals surface area contributed by atoms with E-state index in [1.165, 1.54) is 22.9 Å². The number of H-pyrrole nitrogens is 1. The van der Waals surface area contributed by atoms with E-state index in [0.717, 1.165) is 37.3 Å². The molecule has 2 heterocycles. The van der Waals surface area contributed by atoms with E-state index < -0.39 is 11.5 Å². The highest BCUT2D eigenvalue weighted by molar-refractivity contribution is 5.88. The molecule has 6 rings (SSSR count). The van der Waals surface area contributed by atoms with E-state index in [1.807, 2.05) is 19.1 Å². The van der Waals surface area contributed by atoms with E-state index >= 15 is 0 Å². The Hall–Kier alpha value is -4.16. The number of fused-ring (bicyclic) bond motifs is 1. The van der Waals surface area contributed by atoms with Crippen LogP contribution in [0.4, 0.5) is 5.69 Å². The molecule has 4 aromatic rings. The molecule has 1 saturated carbocycles. The molecule has 2 aliphatic rings. The average Bonchev–Trinajstić information content (AvgIpc) is 3.37. The second-order valence-corrected chi connectivity index (χ2v) is 11.4. The molecule has 2 N–H and O–H groups in total. The molecule has 204 valence electrons. The molecule has 6 nitrogen and oxygen atoms in total. The van der Waals surface area contributed by atoms with E-state index in [1.54, 1.807) is 0 Å². The van der Waals surface area contributed by atoms with Crippen LogP contribution in [-0.4, -0.2) is 40.1 Å². The Morgan fingerprint density at radius 1 is 0.975 bits per heavy atom. The van der Waals surface area contributed by atoms with Gasteiger partial charge in [-0.1, -0.05) is 86.6 Å². The van der Waals surface area contributed by atoms with Crippen LogP contribution < -0.4 is 10.5 Å². The summed E-state index contributed by atoms with van der Waals surface area (Å²) in [7, 11) is 0. The average molecular weight is 534 g/mol. The summed E-state index contributed by atoms with van der Waals surface area (Å²) in [5, 5.41) is 9.32. The number of nitrogens with one attached hydrogen (secondary N) is 1. The minimum atomic E-state index is -1.21. The second-order valence-electron chi connectivity index (χ2n) is 11.4. The van der Waals surface area contributed by atoms with Crippen LogP contribution in [0.15, 0.2) is 95.8 Å². The molecule has 0 bridgehead atoms. The van der Waals surface area contributed by atoms with Gasteiger partial charge in [0.05, 0.1) is 5.69 Å². The van der Waals surface area contributed by atoms with Crippen molar-refractivity contribution in [2.75, 3.05) is 18.0 Å². The minimum Gasteiger partial charge on any atom is -0.477 e. The Bertz CT molecular complexity index is 1520. The van der Waals surface area contributed by atoms with Gasteiger partial charge in [0.25, 0.3) is 5.56 Å². The summed E-state index contributed by atoms with van der Waals surface area (Å²) in [6.07, 6.45) is 0.629. The number of aromatic carboxylic acids is 1. The lowest BCUT2D eigenvalue weighted by molar-refractivity contribution is 0.0695. The molecular weight excluding hydrogens is 498 g/mol. The van der Waals surface area contributed by atoms with Gasteiger partial charge in [-0.05, 0) is 46.9 Å². The highest BCUT2D eigenvalue weighted by Crippen LogP contribution is 2.61.